The fourth-order valence-electron chi connectivity index (χ4n) is 2.97. The second kappa shape index (κ2) is 10.0. The van der Waals surface area contributed by atoms with Gasteiger partial charge in [-0.05, 0) is 25.0 Å². The number of carbonyl (C=O) groups is 1. The maximum absolute atomic E-state index is 13.3. The second-order valence-corrected chi connectivity index (χ2v) is 5.77. The summed E-state index contributed by atoms with van der Waals surface area (Å²) >= 11 is 0. The molecule has 1 aromatic heterocycles. The van der Waals surface area contributed by atoms with E-state index in [4.69, 9.17) is 10.5 Å². The van der Waals surface area contributed by atoms with Crippen molar-refractivity contribution in [1.82, 2.24) is 14.9 Å². The number of amides is 1. The summed E-state index contributed by atoms with van der Waals surface area (Å²) in [7, 11) is 0. The van der Waals surface area contributed by atoms with Crippen molar-refractivity contribution in [3.63, 3.8) is 0 Å². The van der Waals surface area contributed by atoms with Gasteiger partial charge in [0.05, 0.1) is 17.1 Å². The van der Waals surface area contributed by atoms with Crippen LogP contribution in [0.2, 0.25) is 0 Å². The highest BCUT2D eigenvalue weighted by atomic mass is 35.5. The van der Waals surface area contributed by atoms with E-state index in [1.165, 1.54) is 0 Å². The summed E-state index contributed by atoms with van der Waals surface area (Å²) in [6.45, 7) is -2.06. The van der Waals surface area contributed by atoms with Gasteiger partial charge in [0.2, 0.25) is 5.91 Å². The molecule has 146 valence electrons. The fraction of sp³-hybridized carbons (Fsp3) is 0.500. The number of halogens is 4. The third kappa shape index (κ3) is 4.82. The Kier molecular flexibility index (Phi) is 8.69. The molecule has 0 unspecified atom stereocenters. The molecule has 0 aliphatic carbocycles. The third-order valence-corrected chi connectivity index (χ3v) is 4.17. The van der Waals surface area contributed by atoms with Crippen LogP contribution in [0, 0.1) is 0 Å². The molecular weight excluding hydrogens is 389 g/mol. The predicted molar refractivity (Wildman–Crippen MR) is 99.1 cm³/mol. The Morgan fingerprint density at radius 3 is 2.73 bits per heavy atom. The molecule has 6 nitrogen and oxygen atoms in total. The van der Waals surface area contributed by atoms with Crippen LogP contribution in [0.5, 0.6) is 0 Å². The maximum atomic E-state index is 13.3. The number of rotatable bonds is 6. The Labute approximate surface area is 162 Å². The summed E-state index contributed by atoms with van der Waals surface area (Å²) in [4.78, 5) is 16.3. The van der Waals surface area contributed by atoms with Gasteiger partial charge in [-0.15, -0.1) is 24.8 Å². The topological polar surface area (TPSA) is 82.2 Å². The second-order valence-electron chi connectivity index (χ2n) is 5.77. The number of imidazole rings is 1. The van der Waals surface area contributed by atoms with Crippen molar-refractivity contribution in [2.24, 2.45) is 5.73 Å². The lowest BCUT2D eigenvalue weighted by molar-refractivity contribution is -0.131. The molecule has 1 amide bonds. The van der Waals surface area contributed by atoms with Crippen molar-refractivity contribution < 1.29 is 18.3 Å². The molecule has 3 N–H and O–H groups in total. The summed E-state index contributed by atoms with van der Waals surface area (Å²) in [5, 5.41) is 2.73. The first-order chi connectivity index (χ1) is 11.6. The van der Waals surface area contributed by atoms with Gasteiger partial charge in [0, 0.05) is 19.5 Å². The zero-order chi connectivity index (χ0) is 17.1. The van der Waals surface area contributed by atoms with Gasteiger partial charge in [0.1, 0.15) is 11.9 Å². The number of nitrogens with zero attached hydrogens (tertiary/aromatic N) is 2. The van der Waals surface area contributed by atoms with Crippen LogP contribution in [0.4, 0.5) is 8.78 Å². The van der Waals surface area contributed by atoms with E-state index in [9.17, 15) is 13.6 Å². The van der Waals surface area contributed by atoms with E-state index >= 15 is 0 Å². The first-order valence-electron chi connectivity index (χ1n) is 7.97. The molecule has 0 bridgehead atoms. The van der Waals surface area contributed by atoms with Crippen LogP contribution in [0.3, 0.4) is 0 Å². The van der Waals surface area contributed by atoms with Crippen molar-refractivity contribution in [2.45, 2.75) is 38.0 Å². The van der Waals surface area contributed by atoms with Gasteiger partial charge in [-0.25, -0.2) is 4.98 Å². The number of hydrogen-bond acceptors (Lipinski definition) is 4. The zero-order valence-electron chi connectivity index (χ0n) is 13.9. The highest BCUT2D eigenvalue weighted by Crippen LogP contribution is 2.23. The Morgan fingerprint density at radius 2 is 2.08 bits per heavy atom. The van der Waals surface area contributed by atoms with Gasteiger partial charge in [-0.1, -0.05) is 12.1 Å². The Balaban J connectivity index is 0.00000169. The van der Waals surface area contributed by atoms with Gasteiger partial charge < -0.3 is 15.8 Å². The summed E-state index contributed by atoms with van der Waals surface area (Å²) < 4.78 is 33.0. The smallest absolute Gasteiger partial charge is 0.320 e. The van der Waals surface area contributed by atoms with Crippen molar-refractivity contribution in [3.8, 4) is 0 Å². The van der Waals surface area contributed by atoms with Gasteiger partial charge in [0.25, 0.3) is 0 Å². The van der Waals surface area contributed by atoms with Gasteiger partial charge in [-0.2, -0.15) is 8.78 Å². The zero-order valence-corrected chi connectivity index (χ0v) is 15.6. The number of nitrogens with two attached hydrogens (primary N) is 1. The molecule has 0 radical (unpaired) electrons. The summed E-state index contributed by atoms with van der Waals surface area (Å²) in [6.07, 6.45) is 1.02. The normalized spacial score (nSPS) is 19.2. The molecule has 0 saturated carbocycles. The van der Waals surface area contributed by atoms with Crippen LogP contribution in [-0.4, -0.2) is 40.8 Å². The van der Waals surface area contributed by atoms with Gasteiger partial charge in [0.15, 0.2) is 0 Å². The minimum Gasteiger partial charge on any atom is -0.364 e. The Morgan fingerprint density at radius 1 is 1.35 bits per heavy atom. The number of fused-ring (bicyclic) bond motifs is 1. The van der Waals surface area contributed by atoms with Crippen LogP contribution in [0.25, 0.3) is 11.0 Å². The number of alkyl halides is 2. The van der Waals surface area contributed by atoms with Gasteiger partial charge in [-0.3, -0.25) is 9.36 Å². The van der Waals surface area contributed by atoms with Crippen molar-refractivity contribution in [3.05, 3.63) is 30.1 Å². The fourth-order valence-corrected chi connectivity index (χ4v) is 2.97. The van der Waals surface area contributed by atoms with Crippen LogP contribution >= 0.6 is 24.8 Å². The number of ether oxygens (including phenoxy) is 1. The lowest BCUT2D eigenvalue weighted by Gasteiger charge is -2.13. The number of nitrogens with one attached hydrogen (secondary N) is 1. The molecule has 26 heavy (non-hydrogen) atoms. The van der Waals surface area contributed by atoms with Crippen molar-refractivity contribution in [1.29, 1.82) is 0 Å². The molecule has 2 heterocycles. The Bertz CT molecular complexity index is 729. The molecule has 10 heteroatoms. The van der Waals surface area contributed by atoms with E-state index < -0.39 is 12.7 Å². The standard InChI is InChI=1S/C16H20F2N4O2.2ClH/c17-16(18)22-12-4-2-1-3-11(12)21-14(22)7-8-20-15(23)13-6-5-10(9-19)24-13;;/h1-4,10,13,16H,5-9,19H2,(H,20,23);2*1H/t10-,13+;;/m1../s1. The molecule has 2 aromatic rings. The van der Waals surface area contributed by atoms with E-state index in [0.717, 1.165) is 11.0 Å². The van der Waals surface area contributed by atoms with E-state index in [1.807, 2.05) is 0 Å². The van der Waals surface area contributed by atoms with E-state index in [-0.39, 0.29) is 55.6 Å². The molecule has 1 aromatic carbocycles. The van der Waals surface area contributed by atoms with Crippen molar-refractivity contribution >= 4 is 41.8 Å². The summed E-state index contributed by atoms with van der Waals surface area (Å²) in [6, 6.07) is 6.74. The molecule has 1 fully saturated rings. The lowest BCUT2D eigenvalue weighted by Crippen LogP contribution is -2.36. The van der Waals surface area contributed by atoms with Crippen LogP contribution < -0.4 is 11.1 Å². The van der Waals surface area contributed by atoms with E-state index in [1.54, 1.807) is 24.3 Å². The maximum Gasteiger partial charge on any atom is 0.320 e. The molecule has 1 saturated heterocycles. The molecule has 0 spiro atoms. The molecule has 3 rings (SSSR count). The number of aromatic nitrogens is 2. The molecule has 2 atom stereocenters. The van der Waals surface area contributed by atoms with E-state index in [2.05, 4.69) is 10.3 Å². The highest BCUT2D eigenvalue weighted by molar-refractivity contribution is 5.85. The molecule has 1 aliphatic heterocycles. The van der Waals surface area contributed by atoms with Crippen molar-refractivity contribution in [2.75, 3.05) is 13.1 Å². The first-order valence-corrected chi connectivity index (χ1v) is 7.97. The Hall–Kier alpha value is -1.48. The average molecular weight is 411 g/mol. The van der Waals surface area contributed by atoms with E-state index in [0.29, 0.717) is 24.0 Å². The number of benzene rings is 1. The number of hydrogen-bond donors (Lipinski definition) is 2. The quantitative estimate of drug-likeness (QED) is 0.765. The lowest BCUT2D eigenvalue weighted by atomic mass is 10.2. The first kappa shape index (κ1) is 22.6. The predicted octanol–water partition coefficient (Wildman–Crippen LogP) is 2.44. The SMILES string of the molecule is Cl.Cl.NC[C@H]1CC[C@@H](C(=O)NCCc2nc3ccccc3n2C(F)F)O1. The minimum absolute atomic E-state index is 0. The number of carbonyl (C=O) groups excluding carboxylic acids is 1. The van der Waals surface area contributed by atoms with Crippen LogP contribution in [0.15, 0.2) is 24.3 Å². The minimum atomic E-state index is -2.67. The largest absolute Gasteiger partial charge is 0.364 e. The summed E-state index contributed by atoms with van der Waals surface area (Å²) in [5.41, 5.74) is 6.42. The summed E-state index contributed by atoms with van der Waals surface area (Å²) in [5.74, 6) is 0.0179. The molecule has 1 aliphatic rings. The molecular formula is C16H22Cl2F2N4O2. The van der Waals surface area contributed by atoms with Crippen LogP contribution in [0.1, 0.15) is 25.2 Å². The highest BCUT2D eigenvalue weighted by Gasteiger charge is 2.29. The monoisotopic (exact) mass is 410 g/mol. The third-order valence-electron chi connectivity index (χ3n) is 4.17. The van der Waals surface area contributed by atoms with Gasteiger partial charge >= 0.3 is 6.55 Å². The number of para-hydroxylation sites is 2. The average Bonchev–Trinajstić information content (AvgIpc) is 3.18. The van der Waals surface area contributed by atoms with Crippen LogP contribution in [-0.2, 0) is 16.0 Å².